The Labute approximate surface area is 216 Å². The molecule has 0 aliphatic carbocycles. The van der Waals surface area contributed by atoms with Gasteiger partial charge in [-0.15, -0.1) is 0 Å². The lowest BCUT2D eigenvalue weighted by Gasteiger charge is -2.32. The van der Waals surface area contributed by atoms with E-state index >= 15 is 0 Å². The predicted octanol–water partition coefficient (Wildman–Crippen LogP) is 5.61. The van der Waals surface area contributed by atoms with Gasteiger partial charge in [-0.1, -0.05) is 70.5 Å². The number of nitrogens with zero attached hydrogens (tertiary/aromatic N) is 1. The summed E-state index contributed by atoms with van der Waals surface area (Å²) in [6.07, 6.45) is 0.411. The Balaban J connectivity index is 1.92. The molecule has 6 heteroatoms. The van der Waals surface area contributed by atoms with Crippen molar-refractivity contribution in [1.82, 2.24) is 10.2 Å². The maximum Gasteiger partial charge on any atom is 0.261 e. The summed E-state index contributed by atoms with van der Waals surface area (Å²) < 4.78 is 6.85. The summed E-state index contributed by atoms with van der Waals surface area (Å²) in [6.45, 7) is 7.98. The van der Waals surface area contributed by atoms with E-state index in [4.69, 9.17) is 4.74 Å². The molecule has 0 saturated heterocycles. The van der Waals surface area contributed by atoms with E-state index in [9.17, 15) is 9.59 Å². The van der Waals surface area contributed by atoms with Gasteiger partial charge in [0.25, 0.3) is 5.91 Å². The number of benzene rings is 3. The highest BCUT2D eigenvalue weighted by Gasteiger charge is 2.31. The quantitative estimate of drug-likeness (QED) is 0.366. The number of rotatable bonds is 10. The van der Waals surface area contributed by atoms with Crippen LogP contribution in [0.15, 0.2) is 77.3 Å². The molecule has 0 aliphatic heterocycles. The zero-order chi connectivity index (χ0) is 25.4. The number of hydrogen-bond acceptors (Lipinski definition) is 3. The number of carbonyl (C=O) groups is 2. The van der Waals surface area contributed by atoms with Crippen molar-refractivity contribution in [3.05, 3.63) is 99.5 Å². The molecule has 0 saturated carbocycles. The van der Waals surface area contributed by atoms with Gasteiger partial charge in [-0.2, -0.15) is 0 Å². The summed E-state index contributed by atoms with van der Waals surface area (Å²) >= 11 is 3.49. The molecule has 3 rings (SSSR count). The van der Waals surface area contributed by atoms with E-state index in [1.165, 1.54) is 0 Å². The van der Waals surface area contributed by atoms with Crippen LogP contribution in [-0.2, 0) is 22.6 Å². The van der Waals surface area contributed by atoms with Crippen molar-refractivity contribution >= 4 is 27.7 Å². The summed E-state index contributed by atoms with van der Waals surface area (Å²) in [6, 6.07) is 22.6. The molecule has 0 spiro atoms. The number of aryl methyl sites for hydroxylation is 2. The molecule has 5 nitrogen and oxygen atoms in total. The Hall–Kier alpha value is -3.12. The van der Waals surface area contributed by atoms with Crippen LogP contribution in [-0.4, -0.2) is 35.4 Å². The molecule has 3 aromatic carbocycles. The fourth-order valence-corrected chi connectivity index (χ4v) is 4.09. The highest BCUT2D eigenvalue weighted by Crippen LogP contribution is 2.22. The fourth-order valence-electron chi connectivity index (χ4n) is 3.84. The van der Waals surface area contributed by atoms with Gasteiger partial charge in [-0.3, -0.25) is 9.59 Å². The molecule has 0 bridgehead atoms. The third kappa shape index (κ3) is 7.69. The van der Waals surface area contributed by atoms with E-state index in [1.54, 1.807) is 4.90 Å². The van der Waals surface area contributed by atoms with Crippen LogP contribution < -0.4 is 10.1 Å². The van der Waals surface area contributed by atoms with E-state index in [2.05, 4.69) is 21.2 Å². The van der Waals surface area contributed by atoms with E-state index in [1.807, 2.05) is 100 Å². The van der Waals surface area contributed by atoms with E-state index in [-0.39, 0.29) is 24.5 Å². The summed E-state index contributed by atoms with van der Waals surface area (Å²) in [4.78, 5) is 28.7. The van der Waals surface area contributed by atoms with Gasteiger partial charge in [0.15, 0.2) is 6.61 Å². The first kappa shape index (κ1) is 26.5. The smallest absolute Gasteiger partial charge is 0.261 e. The van der Waals surface area contributed by atoms with Crippen LogP contribution in [0.25, 0.3) is 0 Å². The van der Waals surface area contributed by atoms with Crippen molar-refractivity contribution < 1.29 is 14.3 Å². The van der Waals surface area contributed by atoms with Crippen LogP contribution in [0.3, 0.4) is 0 Å². The first-order valence-corrected chi connectivity index (χ1v) is 12.6. The van der Waals surface area contributed by atoms with Crippen molar-refractivity contribution in [3.63, 3.8) is 0 Å². The Morgan fingerprint density at radius 2 is 1.63 bits per heavy atom. The molecule has 184 valence electrons. The maximum absolute atomic E-state index is 13.6. The second-order valence-corrected chi connectivity index (χ2v) is 9.87. The number of halogens is 1. The van der Waals surface area contributed by atoms with Crippen LogP contribution >= 0.6 is 15.9 Å². The Morgan fingerprint density at radius 3 is 2.29 bits per heavy atom. The average Bonchev–Trinajstić information content (AvgIpc) is 2.83. The van der Waals surface area contributed by atoms with Gasteiger partial charge < -0.3 is 15.0 Å². The van der Waals surface area contributed by atoms with Gasteiger partial charge in [0.05, 0.1) is 0 Å². The van der Waals surface area contributed by atoms with Crippen LogP contribution in [0.4, 0.5) is 0 Å². The first-order valence-electron chi connectivity index (χ1n) is 11.8. The van der Waals surface area contributed by atoms with Gasteiger partial charge in [-0.05, 0) is 68.1 Å². The highest BCUT2D eigenvalue weighted by molar-refractivity contribution is 9.10. The number of carbonyl (C=O) groups excluding carboxylic acids is 2. The lowest BCUT2D eigenvalue weighted by Crippen LogP contribution is -2.52. The van der Waals surface area contributed by atoms with Crippen molar-refractivity contribution in [2.75, 3.05) is 6.61 Å². The summed E-state index contributed by atoms with van der Waals surface area (Å²) in [5, 5.41) is 3.01. The number of ether oxygens (including phenoxy) is 1. The number of amides is 2. The number of nitrogens with one attached hydrogen (secondary N) is 1. The molecular formula is C29H33BrN2O3. The molecule has 1 N–H and O–H groups in total. The van der Waals surface area contributed by atoms with Gasteiger partial charge in [0.1, 0.15) is 11.8 Å². The zero-order valence-electron chi connectivity index (χ0n) is 20.8. The van der Waals surface area contributed by atoms with Gasteiger partial charge in [-0.25, -0.2) is 0 Å². The highest BCUT2D eigenvalue weighted by atomic mass is 79.9. The average molecular weight is 537 g/mol. The Bertz CT molecular complexity index is 1150. The molecule has 1 atom stereocenters. The van der Waals surface area contributed by atoms with E-state index in [0.717, 1.165) is 26.7 Å². The largest absolute Gasteiger partial charge is 0.484 e. The molecule has 0 aromatic heterocycles. The Morgan fingerprint density at radius 1 is 0.943 bits per heavy atom. The maximum atomic E-state index is 13.6. The lowest BCUT2D eigenvalue weighted by molar-refractivity contribution is -0.143. The second-order valence-electron chi connectivity index (χ2n) is 9.02. The van der Waals surface area contributed by atoms with Crippen molar-refractivity contribution in [2.24, 2.45) is 0 Å². The fraction of sp³-hybridized carbons (Fsp3) is 0.310. The molecule has 0 unspecified atom stereocenters. The van der Waals surface area contributed by atoms with Crippen molar-refractivity contribution in [1.29, 1.82) is 0 Å². The zero-order valence-corrected chi connectivity index (χ0v) is 22.3. The Kier molecular flexibility index (Phi) is 9.49. The molecule has 0 heterocycles. The minimum Gasteiger partial charge on any atom is -0.484 e. The van der Waals surface area contributed by atoms with Crippen molar-refractivity contribution in [2.45, 2.75) is 52.7 Å². The minimum absolute atomic E-state index is 0.0434. The van der Waals surface area contributed by atoms with Gasteiger partial charge in [0.2, 0.25) is 5.91 Å². The molecule has 0 fully saturated rings. The summed E-state index contributed by atoms with van der Waals surface area (Å²) in [5.41, 5.74) is 4.07. The summed E-state index contributed by atoms with van der Waals surface area (Å²) in [5.74, 6) is 0.195. The van der Waals surface area contributed by atoms with Gasteiger partial charge in [0, 0.05) is 23.5 Å². The lowest BCUT2D eigenvalue weighted by atomic mass is 10.0. The predicted molar refractivity (Wildman–Crippen MR) is 143 cm³/mol. The normalized spacial score (nSPS) is 11.7. The standard InChI is InChI=1S/C29H33BrN2O3/c1-20(2)31-29(34)27(17-23-11-6-5-7-12-23)32(18-24-13-9-8-10-21(24)3)28(33)19-35-25-14-15-26(30)22(4)16-25/h5-16,20,27H,17-19H2,1-4H3,(H,31,34)/t27-/m0/s1. The molecule has 3 aromatic rings. The molecule has 0 radical (unpaired) electrons. The third-order valence-electron chi connectivity index (χ3n) is 5.80. The van der Waals surface area contributed by atoms with Crippen molar-refractivity contribution in [3.8, 4) is 5.75 Å². The topological polar surface area (TPSA) is 58.6 Å². The third-order valence-corrected chi connectivity index (χ3v) is 6.69. The molecular weight excluding hydrogens is 504 g/mol. The first-order chi connectivity index (χ1) is 16.7. The van der Waals surface area contributed by atoms with Crippen LogP contribution in [0.1, 0.15) is 36.1 Å². The van der Waals surface area contributed by atoms with Crippen LogP contribution in [0.2, 0.25) is 0 Å². The number of hydrogen-bond donors (Lipinski definition) is 1. The van der Waals surface area contributed by atoms with E-state index < -0.39 is 6.04 Å². The minimum atomic E-state index is -0.679. The second kappa shape index (κ2) is 12.5. The van der Waals surface area contributed by atoms with Crippen LogP contribution in [0, 0.1) is 13.8 Å². The van der Waals surface area contributed by atoms with E-state index in [0.29, 0.717) is 18.7 Å². The van der Waals surface area contributed by atoms with Gasteiger partial charge >= 0.3 is 0 Å². The summed E-state index contributed by atoms with van der Waals surface area (Å²) in [7, 11) is 0. The molecule has 2 amide bonds. The van der Waals surface area contributed by atoms with Crippen LogP contribution in [0.5, 0.6) is 5.75 Å². The molecule has 0 aliphatic rings. The molecule has 35 heavy (non-hydrogen) atoms. The SMILES string of the molecule is Cc1cc(OCC(=O)N(Cc2ccccc2C)[C@@H](Cc2ccccc2)C(=O)NC(C)C)ccc1Br. The monoisotopic (exact) mass is 536 g/mol.